The number of likely N-dealkylation sites (N-methyl/N-ethyl adjacent to an activating group) is 1. The third kappa shape index (κ3) is 5.89. The van der Waals surface area contributed by atoms with Crippen molar-refractivity contribution < 1.29 is 27.5 Å². The van der Waals surface area contributed by atoms with Crippen LogP contribution in [0.2, 0.25) is 0 Å². The van der Waals surface area contributed by atoms with Crippen LogP contribution < -0.4 is 9.64 Å². The number of nitrogens with zero attached hydrogens (tertiary/aromatic N) is 2. The number of methoxy groups -OCH3 is 1. The number of carbonyl (C=O) groups is 2. The summed E-state index contributed by atoms with van der Waals surface area (Å²) in [7, 11) is 5.26. The first-order chi connectivity index (χ1) is 15.5. The van der Waals surface area contributed by atoms with Crippen LogP contribution in [0.3, 0.4) is 0 Å². The molecule has 1 heterocycles. The number of anilines is 1. The molecule has 0 aromatic heterocycles. The van der Waals surface area contributed by atoms with Crippen molar-refractivity contribution in [1.29, 1.82) is 0 Å². The normalized spacial score (nSPS) is 18.8. The van der Waals surface area contributed by atoms with Crippen molar-refractivity contribution in [3.8, 4) is 5.75 Å². The van der Waals surface area contributed by atoms with Crippen LogP contribution >= 0.6 is 11.8 Å². The van der Waals surface area contributed by atoms with E-state index in [4.69, 9.17) is 4.74 Å². The Morgan fingerprint density at radius 3 is 2.39 bits per heavy atom. The number of benzene rings is 2. The zero-order valence-corrected chi connectivity index (χ0v) is 19.8. The number of carbonyl (C=O) groups excluding carboxylic acids is 2. The molecule has 3 rings (SSSR count). The fourth-order valence-electron chi connectivity index (χ4n) is 3.96. The van der Waals surface area contributed by atoms with Crippen LogP contribution in [0, 0.1) is 0 Å². The lowest BCUT2D eigenvalue weighted by atomic mass is 9.88. The molecular weight excluding hydrogens is 453 g/mol. The Kier molecular flexibility index (Phi) is 7.74. The Labute approximate surface area is 195 Å². The lowest BCUT2D eigenvalue weighted by Crippen LogP contribution is -2.42. The van der Waals surface area contributed by atoms with Gasteiger partial charge in [-0.1, -0.05) is 23.9 Å². The molecule has 0 radical (unpaired) electrons. The van der Waals surface area contributed by atoms with E-state index in [2.05, 4.69) is 0 Å². The fourth-order valence-corrected chi connectivity index (χ4v) is 4.97. The smallest absolute Gasteiger partial charge is 0.416 e. The second kappa shape index (κ2) is 10.2. The van der Waals surface area contributed by atoms with E-state index in [9.17, 15) is 22.8 Å². The molecule has 1 aliphatic heterocycles. The first-order valence-electron chi connectivity index (χ1n) is 10.5. The number of thioether (sulfide) groups is 1. The van der Waals surface area contributed by atoms with Gasteiger partial charge in [-0.25, -0.2) is 0 Å². The van der Waals surface area contributed by atoms with Crippen molar-refractivity contribution >= 4 is 28.5 Å². The van der Waals surface area contributed by atoms with Gasteiger partial charge in [0.05, 0.1) is 17.9 Å². The summed E-state index contributed by atoms with van der Waals surface area (Å²) in [6.07, 6.45) is -4.30. The summed E-state index contributed by atoms with van der Waals surface area (Å²) in [5, 5.41) is -0.985. The quantitative estimate of drug-likeness (QED) is 0.605. The Morgan fingerprint density at radius 1 is 1.18 bits per heavy atom. The lowest BCUT2D eigenvalue weighted by Gasteiger charge is -2.28. The van der Waals surface area contributed by atoms with Crippen molar-refractivity contribution in [1.82, 2.24) is 4.90 Å². The molecule has 1 aliphatic rings. The summed E-state index contributed by atoms with van der Waals surface area (Å²) in [4.78, 5) is 29.3. The van der Waals surface area contributed by atoms with Gasteiger partial charge in [0.1, 0.15) is 5.75 Å². The van der Waals surface area contributed by atoms with Crippen LogP contribution in [0.4, 0.5) is 18.9 Å². The van der Waals surface area contributed by atoms with E-state index in [1.54, 1.807) is 24.3 Å². The highest BCUT2D eigenvalue weighted by Crippen LogP contribution is 2.42. The summed E-state index contributed by atoms with van der Waals surface area (Å²) in [5.74, 6) is -0.137. The molecule has 178 valence electrons. The first-order valence-corrected chi connectivity index (χ1v) is 11.4. The molecule has 9 heteroatoms. The fraction of sp³-hybridized carbons (Fsp3) is 0.417. The highest BCUT2D eigenvalue weighted by atomic mass is 32.2. The summed E-state index contributed by atoms with van der Waals surface area (Å²) in [6.45, 7) is 2.22. The van der Waals surface area contributed by atoms with E-state index < -0.39 is 22.9 Å². The van der Waals surface area contributed by atoms with Gasteiger partial charge in [-0.2, -0.15) is 13.2 Å². The number of rotatable bonds is 6. The van der Waals surface area contributed by atoms with E-state index in [0.29, 0.717) is 30.1 Å². The molecule has 0 saturated carbocycles. The largest absolute Gasteiger partial charge is 0.497 e. The summed E-state index contributed by atoms with van der Waals surface area (Å²) in [6, 6.07) is 10.6. The summed E-state index contributed by atoms with van der Waals surface area (Å²) >= 11 is 0.931. The highest BCUT2D eigenvalue weighted by Gasteiger charge is 2.40. The molecule has 2 atom stereocenters. The number of halogens is 3. The van der Waals surface area contributed by atoms with Crippen LogP contribution in [0.25, 0.3) is 0 Å². The summed E-state index contributed by atoms with van der Waals surface area (Å²) < 4.78 is 45.7. The van der Waals surface area contributed by atoms with E-state index in [1.165, 1.54) is 25.0 Å². The molecule has 5 nitrogen and oxygen atoms in total. The van der Waals surface area contributed by atoms with Crippen molar-refractivity contribution in [2.75, 3.05) is 39.2 Å². The minimum absolute atomic E-state index is 0.195. The zero-order valence-electron chi connectivity index (χ0n) is 19.0. The molecule has 2 aromatic carbocycles. The van der Waals surface area contributed by atoms with Gasteiger partial charge >= 0.3 is 6.18 Å². The van der Waals surface area contributed by atoms with Gasteiger partial charge in [0.25, 0.3) is 0 Å². The number of ether oxygens (including phenoxy) is 1. The minimum atomic E-state index is -4.50. The molecule has 0 spiro atoms. The predicted octanol–water partition coefficient (Wildman–Crippen LogP) is 4.60. The molecule has 0 aliphatic carbocycles. The van der Waals surface area contributed by atoms with Crippen LogP contribution in [-0.2, 0) is 22.2 Å². The van der Waals surface area contributed by atoms with Crippen LogP contribution in [0.15, 0.2) is 42.5 Å². The Balaban J connectivity index is 2.15. The number of fused-ring (bicyclic) bond motifs is 1. The summed E-state index contributed by atoms with van der Waals surface area (Å²) in [5.41, 5.74) is 0.901. The average Bonchev–Trinajstić information content (AvgIpc) is 2.86. The number of amides is 1. The molecule has 2 aromatic rings. The second-order valence-electron chi connectivity index (χ2n) is 8.25. The predicted molar refractivity (Wildman–Crippen MR) is 124 cm³/mol. The number of hydrogen-bond acceptors (Lipinski definition) is 5. The monoisotopic (exact) mass is 480 g/mol. The van der Waals surface area contributed by atoms with Gasteiger partial charge in [0.2, 0.25) is 5.91 Å². The molecule has 0 bridgehead atoms. The van der Waals surface area contributed by atoms with Crippen LogP contribution in [0.5, 0.6) is 5.75 Å². The Morgan fingerprint density at radius 2 is 1.85 bits per heavy atom. The van der Waals surface area contributed by atoms with Gasteiger partial charge in [0.15, 0.2) is 5.12 Å². The molecule has 0 N–H and O–H groups in total. The second-order valence-corrected chi connectivity index (χ2v) is 9.57. The van der Waals surface area contributed by atoms with Gasteiger partial charge in [0, 0.05) is 31.6 Å². The van der Waals surface area contributed by atoms with Crippen LogP contribution in [-0.4, -0.2) is 55.5 Å². The third-order valence-corrected chi connectivity index (χ3v) is 6.74. The SMILES string of the molecule is COc1ccc([C@@H]2Cc3cc(C(F)(F)F)ccc3N(CCN(C)C)C(=O)[C@@H]2SC(C)=O)cc1. The van der Waals surface area contributed by atoms with Crippen molar-refractivity contribution in [3.63, 3.8) is 0 Å². The van der Waals surface area contributed by atoms with E-state index in [1.807, 2.05) is 19.0 Å². The van der Waals surface area contributed by atoms with Gasteiger partial charge in [-0.05, 0) is 62.0 Å². The number of hydrogen-bond donors (Lipinski definition) is 0. The van der Waals surface area contributed by atoms with Gasteiger partial charge < -0.3 is 14.5 Å². The third-order valence-electron chi connectivity index (χ3n) is 5.62. The zero-order chi connectivity index (χ0) is 24.3. The van der Waals surface area contributed by atoms with Gasteiger partial charge in [-0.3, -0.25) is 9.59 Å². The molecule has 0 unspecified atom stereocenters. The maximum Gasteiger partial charge on any atom is 0.416 e. The van der Waals surface area contributed by atoms with Crippen molar-refractivity contribution in [3.05, 3.63) is 59.2 Å². The first kappa shape index (κ1) is 25.1. The molecule has 33 heavy (non-hydrogen) atoms. The van der Waals surface area contributed by atoms with Gasteiger partial charge in [-0.15, -0.1) is 0 Å². The van der Waals surface area contributed by atoms with Crippen molar-refractivity contribution in [2.45, 2.75) is 30.7 Å². The van der Waals surface area contributed by atoms with E-state index >= 15 is 0 Å². The van der Waals surface area contributed by atoms with E-state index in [-0.39, 0.29) is 17.4 Å². The van der Waals surface area contributed by atoms with Crippen LogP contribution in [0.1, 0.15) is 29.5 Å². The Bertz CT molecular complexity index is 1010. The maximum absolute atomic E-state index is 13.7. The molecular formula is C24H27F3N2O3S. The highest BCUT2D eigenvalue weighted by molar-refractivity contribution is 8.14. The standard InChI is InChI=1S/C24H27F3N2O3S/c1-15(30)33-22-20(16-5-8-19(32-4)9-6-16)14-17-13-18(24(25,26)27)7-10-21(17)29(23(22)31)12-11-28(2)3/h5-10,13,20,22H,11-12,14H2,1-4H3/t20-,22+/m0/s1. The Hall–Kier alpha value is -2.52. The minimum Gasteiger partial charge on any atom is -0.497 e. The average molecular weight is 481 g/mol. The number of alkyl halides is 3. The van der Waals surface area contributed by atoms with Crippen molar-refractivity contribution in [2.24, 2.45) is 0 Å². The molecule has 0 fully saturated rings. The topological polar surface area (TPSA) is 49.9 Å². The molecule has 0 saturated heterocycles. The lowest BCUT2D eigenvalue weighted by molar-refractivity contribution is -0.137. The molecule has 1 amide bonds. The maximum atomic E-state index is 13.7. The van der Waals surface area contributed by atoms with E-state index in [0.717, 1.165) is 29.5 Å².